The van der Waals surface area contributed by atoms with Gasteiger partial charge in [-0.3, -0.25) is 4.79 Å². The van der Waals surface area contributed by atoms with E-state index >= 15 is 0 Å². The van der Waals surface area contributed by atoms with Gasteiger partial charge in [0.15, 0.2) is 0 Å². The van der Waals surface area contributed by atoms with Gasteiger partial charge in [0.25, 0.3) is 5.56 Å². The molecular weight excluding hydrogens is 218 g/mol. The number of methoxy groups -OCH3 is 1. The summed E-state index contributed by atoms with van der Waals surface area (Å²) in [6.07, 6.45) is 0.561. The quantitative estimate of drug-likeness (QED) is 0.824. The molecule has 88 valence electrons. The van der Waals surface area contributed by atoms with Crippen molar-refractivity contribution in [2.75, 3.05) is 12.8 Å². The minimum atomic E-state index is -0.367. The van der Waals surface area contributed by atoms with Gasteiger partial charge in [-0.05, 0) is 12.1 Å². The maximum atomic E-state index is 11.1. The molecule has 0 atom stereocenters. The smallest absolute Gasteiger partial charge is 0.287 e. The third-order valence-corrected chi connectivity index (χ3v) is 2.45. The van der Waals surface area contributed by atoms with Gasteiger partial charge in [-0.15, -0.1) is 0 Å². The van der Waals surface area contributed by atoms with Gasteiger partial charge in [-0.2, -0.15) is 5.10 Å². The van der Waals surface area contributed by atoms with E-state index in [0.717, 1.165) is 11.3 Å². The van der Waals surface area contributed by atoms with Crippen molar-refractivity contribution in [3.8, 4) is 5.75 Å². The fraction of sp³-hybridized carbons (Fsp3) is 0.167. The second-order valence-electron chi connectivity index (χ2n) is 3.63. The predicted octanol–water partition coefficient (Wildman–Crippen LogP) is 0.951. The van der Waals surface area contributed by atoms with Gasteiger partial charge in [0.05, 0.1) is 12.8 Å². The molecule has 17 heavy (non-hydrogen) atoms. The number of H-pyrrole nitrogens is 1. The van der Waals surface area contributed by atoms with Crippen LogP contribution in [0, 0.1) is 0 Å². The Morgan fingerprint density at radius 3 is 2.88 bits per heavy atom. The van der Waals surface area contributed by atoms with Gasteiger partial charge >= 0.3 is 0 Å². The van der Waals surface area contributed by atoms with E-state index in [1.165, 1.54) is 0 Å². The molecule has 2 rings (SSSR count). The summed E-state index contributed by atoms with van der Waals surface area (Å²) in [6, 6.07) is 9.22. The normalized spacial score (nSPS) is 10.2. The summed E-state index contributed by atoms with van der Waals surface area (Å²) in [5.74, 6) is 0.791. The van der Waals surface area contributed by atoms with Crippen LogP contribution < -0.4 is 16.0 Å². The second kappa shape index (κ2) is 4.69. The van der Waals surface area contributed by atoms with Crippen LogP contribution in [0.2, 0.25) is 0 Å². The van der Waals surface area contributed by atoms with E-state index in [-0.39, 0.29) is 11.2 Å². The number of aromatic amines is 1. The van der Waals surface area contributed by atoms with Gasteiger partial charge in [-0.1, -0.05) is 18.2 Å². The lowest BCUT2D eigenvalue weighted by atomic mass is 10.1. The van der Waals surface area contributed by atoms with Crippen molar-refractivity contribution >= 4 is 5.69 Å². The largest absolute Gasteiger partial charge is 0.496 e. The van der Waals surface area contributed by atoms with Crippen LogP contribution in [0.1, 0.15) is 11.3 Å². The zero-order valence-electron chi connectivity index (χ0n) is 9.43. The summed E-state index contributed by atoms with van der Waals surface area (Å²) in [6.45, 7) is 0. The molecule has 5 heteroatoms. The van der Waals surface area contributed by atoms with Gasteiger partial charge in [-0.25, -0.2) is 5.10 Å². The summed E-state index contributed by atoms with van der Waals surface area (Å²) in [5, 5.41) is 6.29. The lowest BCUT2D eigenvalue weighted by molar-refractivity contribution is 0.410. The number of nitrogen functional groups attached to an aromatic ring is 1. The molecule has 1 aromatic carbocycles. The standard InChI is InChI=1S/C12H13N3O2/c1-17-11-5-3-2-4-8(11)6-9-7-10(13)12(16)15-14-9/h2-5,7H,6H2,1H3,(H2,13,14)(H,15,16). The molecule has 0 bridgehead atoms. The summed E-state index contributed by atoms with van der Waals surface area (Å²) in [5.41, 5.74) is 7.03. The summed E-state index contributed by atoms with van der Waals surface area (Å²) < 4.78 is 5.24. The molecule has 0 fully saturated rings. The number of ether oxygens (including phenoxy) is 1. The van der Waals surface area contributed by atoms with Gasteiger partial charge in [0.2, 0.25) is 0 Å². The number of hydrogen-bond acceptors (Lipinski definition) is 4. The fourth-order valence-electron chi connectivity index (χ4n) is 1.60. The van der Waals surface area contributed by atoms with E-state index in [0.29, 0.717) is 12.1 Å². The van der Waals surface area contributed by atoms with Crippen LogP contribution in [0.5, 0.6) is 5.75 Å². The zero-order chi connectivity index (χ0) is 12.3. The number of benzene rings is 1. The fourth-order valence-corrected chi connectivity index (χ4v) is 1.60. The minimum Gasteiger partial charge on any atom is -0.496 e. The summed E-state index contributed by atoms with van der Waals surface area (Å²) >= 11 is 0. The number of aromatic nitrogens is 2. The first-order valence-electron chi connectivity index (χ1n) is 5.16. The molecule has 3 N–H and O–H groups in total. The molecule has 0 unspecified atom stereocenters. The van der Waals surface area contributed by atoms with Crippen LogP contribution in [0.3, 0.4) is 0 Å². The Hall–Kier alpha value is -2.30. The second-order valence-corrected chi connectivity index (χ2v) is 3.63. The zero-order valence-corrected chi connectivity index (χ0v) is 9.43. The Bertz CT molecular complexity index is 578. The van der Waals surface area contributed by atoms with E-state index in [9.17, 15) is 4.79 Å². The molecule has 0 aliphatic rings. The van der Waals surface area contributed by atoms with Crippen molar-refractivity contribution in [3.63, 3.8) is 0 Å². The van der Waals surface area contributed by atoms with E-state index in [4.69, 9.17) is 10.5 Å². The number of para-hydroxylation sites is 1. The third kappa shape index (κ3) is 2.44. The Morgan fingerprint density at radius 2 is 2.18 bits per heavy atom. The maximum absolute atomic E-state index is 11.1. The topological polar surface area (TPSA) is 81.0 Å². The monoisotopic (exact) mass is 231 g/mol. The van der Waals surface area contributed by atoms with Crippen molar-refractivity contribution in [3.05, 3.63) is 51.9 Å². The highest BCUT2D eigenvalue weighted by Gasteiger charge is 2.05. The van der Waals surface area contributed by atoms with Crippen molar-refractivity contribution in [1.29, 1.82) is 0 Å². The lowest BCUT2D eigenvalue weighted by Crippen LogP contribution is -2.14. The molecule has 1 heterocycles. The minimum absolute atomic E-state index is 0.171. The van der Waals surface area contributed by atoms with Crippen LogP contribution in [0.4, 0.5) is 5.69 Å². The van der Waals surface area contributed by atoms with Crippen molar-refractivity contribution in [2.24, 2.45) is 0 Å². The highest BCUT2D eigenvalue weighted by molar-refractivity contribution is 5.40. The van der Waals surface area contributed by atoms with E-state index < -0.39 is 0 Å². The number of nitrogens with zero attached hydrogens (tertiary/aromatic N) is 1. The SMILES string of the molecule is COc1ccccc1Cc1cc(N)c(=O)[nH]n1. The van der Waals surface area contributed by atoms with Gasteiger partial charge < -0.3 is 10.5 Å². The van der Waals surface area contributed by atoms with Crippen LogP contribution in [-0.2, 0) is 6.42 Å². The Morgan fingerprint density at radius 1 is 1.41 bits per heavy atom. The van der Waals surface area contributed by atoms with Crippen LogP contribution >= 0.6 is 0 Å². The molecule has 5 nitrogen and oxygen atoms in total. The Kier molecular flexibility index (Phi) is 3.09. The van der Waals surface area contributed by atoms with Gasteiger partial charge in [0.1, 0.15) is 11.4 Å². The van der Waals surface area contributed by atoms with Crippen molar-refractivity contribution in [2.45, 2.75) is 6.42 Å². The highest BCUT2D eigenvalue weighted by atomic mass is 16.5. The van der Waals surface area contributed by atoms with Crippen LogP contribution in [0.15, 0.2) is 35.1 Å². The molecule has 0 saturated heterocycles. The maximum Gasteiger partial charge on any atom is 0.287 e. The highest BCUT2D eigenvalue weighted by Crippen LogP contribution is 2.19. The third-order valence-electron chi connectivity index (χ3n) is 2.45. The molecule has 0 aliphatic heterocycles. The molecule has 0 aliphatic carbocycles. The first-order valence-corrected chi connectivity index (χ1v) is 5.16. The van der Waals surface area contributed by atoms with Gasteiger partial charge in [0, 0.05) is 12.0 Å². The number of hydrogen-bond donors (Lipinski definition) is 2. The summed E-state index contributed by atoms with van der Waals surface area (Å²) in [7, 11) is 1.62. The first-order chi connectivity index (χ1) is 8.20. The number of rotatable bonds is 3. The van der Waals surface area contributed by atoms with E-state index in [1.54, 1.807) is 13.2 Å². The predicted molar refractivity (Wildman–Crippen MR) is 65.1 cm³/mol. The molecule has 2 aromatic rings. The molecule has 0 spiro atoms. The lowest BCUT2D eigenvalue weighted by Gasteiger charge is -2.07. The first kappa shape index (κ1) is 11.2. The summed E-state index contributed by atoms with van der Waals surface area (Å²) in [4.78, 5) is 11.1. The van der Waals surface area contributed by atoms with E-state index in [2.05, 4.69) is 10.2 Å². The molecule has 1 aromatic heterocycles. The molecule has 0 amide bonds. The number of anilines is 1. The average Bonchev–Trinajstić information content (AvgIpc) is 2.34. The van der Waals surface area contributed by atoms with E-state index in [1.807, 2.05) is 24.3 Å². The van der Waals surface area contributed by atoms with Crippen molar-refractivity contribution in [1.82, 2.24) is 10.2 Å². The Balaban J connectivity index is 2.31. The van der Waals surface area contributed by atoms with Crippen molar-refractivity contribution < 1.29 is 4.74 Å². The van der Waals surface area contributed by atoms with Crippen LogP contribution in [-0.4, -0.2) is 17.3 Å². The Labute approximate surface area is 98.2 Å². The number of nitrogens with one attached hydrogen (secondary N) is 1. The molecule has 0 saturated carbocycles. The number of nitrogens with two attached hydrogens (primary N) is 1. The average molecular weight is 231 g/mol. The van der Waals surface area contributed by atoms with Crippen LogP contribution in [0.25, 0.3) is 0 Å². The molecule has 0 radical (unpaired) electrons. The molecular formula is C12H13N3O2.